The van der Waals surface area contributed by atoms with E-state index >= 15 is 0 Å². The highest BCUT2D eigenvalue weighted by molar-refractivity contribution is 5.87. The first-order valence-electron chi connectivity index (χ1n) is 9.17. The number of amides is 1. The van der Waals surface area contributed by atoms with Crippen LogP contribution in [0.15, 0.2) is 66.7 Å². The summed E-state index contributed by atoms with van der Waals surface area (Å²) < 4.78 is 0. The molecule has 0 heterocycles. The Morgan fingerprint density at radius 3 is 2.50 bits per heavy atom. The van der Waals surface area contributed by atoms with Gasteiger partial charge in [0, 0.05) is 5.56 Å². The number of likely N-dealkylation sites (N-methyl/N-ethyl adjacent to an activating group) is 1. The molecule has 0 fully saturated rings. The van der Waals surface area contributed by atoms with Gasteiger partial charge in [-0.1, -0.05) is 66.7 Å². The second-order valence-electron chi connectivity index (χ2n) is 7.09. The summed E-state index contributed by atoms with van der Waals surface area (Å²) in [6.45, 7) is 5.48. The van der Waals surface area contributed by atoms with E-state index in [0.29, 0.717) is 6.54 Å². The molecule has 3 rings (SSSR count). The molecule has 3 aromatic rings. The predicted molar refractivity (Wildman–Crippen MR) is 107 cm³/mol. The van der Waals surface area contributed by atoms with Gasteiger partial charge in [0.25, 0.3) is 5.91 Å². The number of quaternary nitrogens is 1. The molecule has 3 nitrogen and oxygen atoms in total. The van der Waals surface area contributed by atoms with E-state index in [2.05, 4.69) is 74.7 Å². The van der Waals surface area contributed by atoms with E-state index in [1.165, 1.54) is 26.8 Å². The molecule has 0 bridgehead atoms. The van der Waals surface area contributed by atoms with Crippen LogP contribution in [0.25, 0.3) is 10.8 Å². The molecule has 3 aromatic carbocycles. The fraction of sp³-hybridized carbons (Fsp3) is 0.261. The highest BCUT2D eigenvalue weighted by Crippen LogP contribution is 2.23. The highest BCUT2D eigenvalue weighted by atomic mass is 16.2. The van der Waals surface area contributed by atoms with E-state index in [1.54, 1.807) is 0 Å². The minimum atomic E-state index is -0.0140. The van der Waals surface area contributed by atoms with Crippen LogP contribution in [-0.2, 0) is 11.3 Å². The van der Waals surface area contributed by atoms with Gasteiger partial charge >= 0.3 is 0 Å². The van der Waals surface area contributed by atoms with Crippen LogP contribution in [0.5, 0.6) is 0 Å². The molecule has 1 unspecified atom stereocenters. The van der Waals surface area contributed by atoms with Crippen molar-refractivity contribution in [2.45, 2.75) is 26.4 Å². The van der Waals surface area contributed by atoms with Gasteiger partial charge in [-0.25, -0.2) is 0 Å². The predicted octanol–water partition coefficient (Wildman–Crippen LogP) is 3.04. The molecule has 0 aliphatic heterocycles. The lowest BCUT2D eigenvalue weighted by Gasteiger charge is -2.19. The van der Waals surface area contributed by atoms with Crippen LogP contribution < -0.4 is 10.2 Å². The van der Waals surface area contributed by atoms with Gasteiger partial charge in [0.15, 0.2) is 6.54 Å². The van der Waals surface area contributed by atoms with Gasteiger partial charge in [-0.15, -0.1) is 0 Å². The van der Waals surface area contributed by atoms with Crippen LogP contribution in [0.1, 0.15) is 29.7 Å². The topological polar surface area (TPSA) is 33.5 Å². The molecule has 3 heteroatoms. The number of hydrogen-bond donors (Lipinski definition) is 2. The molecular formula is C23H27N2O+. The van der Waals surface area contributed by atoms with Gasteiger partial charge < -0.3 is 10.2 Å². The van der Waals surface area contributed by atoms with Crippen molar-refractivity contribution in [1.29, 1.82) is 0 Å². The zero-order valence-electron chi connectivity index (χ0n) is 15.8. The smallest absolute Gasteiger partial charge is 0.275 e. The average Bonchev–Trinajstić information content (AvgIpc) is 2.63. The minimum Gasteiger partial charge on any atom is -0.345 e. The van der Waals surface area contributed by atoms with Crippen LogP contribution in [0, 0.1) is 6.92 Å². The van der Waals surface area contributed by atoms with Crippen LogP contribution in [0.4, 0.5) is 0 Å². The van der Waals surface area contributed by atoms with E-state index in [0.717, 1.165) is 12.1 Å². The molecule has 2 atom stereocenters. The molecule has 0 aliphatic carbocycles. The molecule has 0 aromatic heterocycles. The van der Waals surface area contributed by atoms with Crippen molar-refractivity contribution >= 4 is 16.7 Å². The largest absolute Gasteiger partial charge is 0.345 e. The van der Waals surface area contributed by atoms with E-state index in [-0.39, 0.29) is 11.9 Å². The lowest BCUT2D eigenvalue weighted by atomic mass is 10.00. The summed E-state index contributed by atoms with van der Waals surface area (Å²) in [6, 6.07) is 22.9. The van der Waals surface area contributed by atoms with Gasteiger partial charge in [0.2, 0.25) is 0 Å². The lowest BCUT2D eigenvalue weighted by molar-refractivity contribution is -0.885. The maximum atomic E-state index is 12.5. The Hall–Kier alpha value is -2.65. The lowest BCUT2D eigenvalue weighted by Crippen LogP contribution is -3.09. The third-order valence-corrected chi connectivity index (χ3v) is 4.88. The van der Waals surface area contributed by atoms with Crippen molar-refractivity contribution in [3.8, 4) is 0 Å². The summed E-state index contributed by atoms with van der Waals surface area (Å²) in [6.07, 6.45) is 0. The number of aryl methyl sites for hydroxylation is 1. The first-order chi connectivity index (χ1) is 12.5. The van der Waals surface area contributed by atoms with Gasteiger partial charge in [-0.2, -0.15) is 0 Å². The SMILES string of the molecule is Cc1ccccc1C[NH+](C)CC(=O)N[C@H](C)c1cccc2ccccc12. The number of rotatable bonds is 6. The summed E-state index contributed by atoms with van der Waals surface area (Å²) >= 11 is 0. The fourth-order valence-corrected chi connectivity index (χ4v) is 3.47. The van der Waals surface area contributed by atoms with Crippen molar-refractivity contribution in [3.05, 3.63) is 83.4 Å². The zero-order valence-corrected chi connectivity index (χ0v) is 15.8. The molecule has 26 heavy (non-hydrogen) atoms. The van der Waals surface area contributed by atoms with E-state index < -0.39 is 0 Å². The summed E-state index contributed by atoms with van der Waals surface area (Å²) in [5, 5.41) is 5.56. The number of hydrogen-bond acceptors (Lipinski definition) is 1. The quantitative estimate of drug-likeness (QED) is 0.706. The number of carbonyl (C=O) groups is 1. The van der Waals surface area contributed by atoms with Crippen molar-refractivity contribution < 1.29 is 9.69 Å². The van der Waals surface area contributed by atoms with Crippen LogP contribution in [0.3, 0.4) is 0 Å². The van der Waals surface area contributed by atoms with E-state index in [4.69, 9.17) is 0 Å². The number of benzene rings is 3. The molecule has 134 valence electrons. The van der Waals surface area contributed by atoms with E-state index in [9.17, 15) is 4.79 Å². The number of nitrogens with one attached hydrogen (secondary N) is 2. The summed E-state index contributed by atoms with van der Waals surface area (Å²) in [7, 11) is 2.06. The summed E-state index contributed by atoms with van der Waals surface area (Å²) in [5.74, 6) is 0.0801. The molecule has 0 saturated heterocycles. The Labute approximate surface area is 155 Å². The number of carbonyl (C=O) groups excluding carboxylic acids is 1. The van der Waals surface area contributed by atoms with Crippen molar-refractivity contribution in [3.63, 3.8) is 0 Å². The van der Waals surface area contributed by atoms with Crippen molar-refractivity contribution in [1.82, 2.24) is 5.32 Å². The molecule has 0 aliphatic rings. The monoisotopic (exact) mass is 347 g/mol. The first-order valence-corrected chi connectivity index (χ1v) is 9.17. The van der Waals surface area contributed by atoms with Gasteiger partial charge in [-0.05, 0) is 35.7 Å². The minimum absolute atomic E-state index is 0.0140. The molecule has 0 spiro atoms. The molecule has 2 N–H and O–H groups in total. The Morgan fingerprint density at radius 2 is 1.69 bits per heavy atom. The van der Waals surface area contributed by atoms with Crippen LogP contribution >= 0.6 is 0 Å². The highest BCUT2D eigenvalue weighted by Gasteiger charge is 2.16. The number of fused-ring (bicyclic) bond motifs is 1. The Balaban J connectivity index is 1.63. The van der Waals surface area contributed by atoms with Gasteiger partial charge in [-0.3, -0.25) is 4.79 Å². The molecule has 1 amide bonds. The zero-order chi connectivity index (χ0) is 18.5. The van der Waals surface area contributed by atoms with Crippen molar-refractivity contribution in [2.75, 3.05) is 13.6 Å². The first kappa shape index (κ1) is 18.2. The second kappa shape index (κ2) is 8.15. The Kier molecular flexibility index (Phi) is 5.69. The van der Waals surface area contributed by atoms with E-state index in [1.807, 2.05) is 18.2 Å². The Bertz CT molecular complexity index is 898. The Morgan fingerprint density at radius 1 is 1.00 bits per heavy atom. The third kappa shape index (κ3) is 4.30. The molecule has 0 saturated carbocycles. The standard InChI is InChI=1S/C23H26N2O/c1-17-9-4-5-11-20(17)15-25(3)16-23(26)24-18(2)21-14-8-12-19-10-6-7-13-22(19)21/h4-14,18H,15-16H2,1-3H3,(H,24,26)/p+1/t18-/m1/s1. The molecule has 0 radical (unpaired) electrons. The fourth-order valence-electron chi connectivity index (χ4n) is 3.47. The third-order valence-electron chi connectivity index (χ3n) is 4.88. The molecular weight excluding hydrogens is 320 g/mol. The van der Waals surface area contributed by atoms with Crippen LogP contribution in [0.2, 0.25) is 0 Å². The van der Waals surface area contributed by atoms with Crippen molar-refractivity contribution in [2.24, 2.45) is 0 Å². The maximum absolute atomic E-state index is 12.5. The maximum Gasteiger partial charge on any atom is 0.275 e. The van der Waals surface area contributed by atoms with Crippen LogP contribution in [-0.4, -0.2) is 19.5 Å². The average molecular weight is 347 g/mol. The summed E-state index contributed by atoms with van der Waals surface area (Å²) in [5.41, 5.74) is 3.73. The van der Waals surface area contributed by atoms with Gasteiger partial charge in [0.1, 0.15) is 6.54 Å². The normalized spacial score (nSPS) is 13.3. The van der Waals surface area contributed by atoms with Gasteiger partial charge in [0.05, 0.1) is 13.1 Å². The second-order valence-corrected chi connectivity index (χ2v) is 7.09. The summed E-state index contributed by atoms with van der Waals surface area (Å²) in [4.78, 5) is 13.7.